The number of ether oxygens (including phenoxy) is 2. The fraction of sp³-hybridized carbons (Fsp3) is 0.550. The Morgan fingerprint density at radius 3 is 2.89 bits per heavy atom. The normalized spacial score (nSPS) is 15.5. The van der Waals surface area contributed by atoms with Crippen molar-refractivity contribution in [1.29, 1.82) is 0 Å². The maximum atomic E-state index is 12.0. The third-order valence-corrected chi connectivity index (χ3v) is 4.99. The highest BCUT2D eigenvalue weighted by atomic mass is 16.5. The highest BCUT2D eigenvalue weighted by Crippen LogP contribution is 2.18. The molecule has 0 bridgehead atoms. The summed E-state index contributed by atoms with van der Waals surface area (Å²) in [6, 6.07) is 8.00. The molecule has 3 rings (SSSR count). The van der Waals surface area contributed by atoms with E-state index in [-0.39, 0.29) is 11.9 Å². The lowest BCUT2D eigenvalue weighted by atomic mass is 10.2. The van der Waals surface area contributed by atoms with Gasteiger partial charge in [-0.1, -0.05) is 12.1 Å². The fourth-order valence-electron chi connectivity index (χ4n) is 3.47. The average Bonchev–Trinajstić information content (AvgIpc) is 3.01. The van der Waals surface area contributed by atoms with E-state index >= 15 is 0 Å². The number of nitrogens with zero attached hydrogens (tertiary/aromatic N) is 4. The average molecular weight is 387 g/mol. The summed E-state index contributed by atoms with van der Waals surface area (Å²) in [5.41, 5.74) is 1.23. The molecule has 1 amide bonds. The van der Waals surface area contributed by atoms with Gasteiger partial charge in [-0.3, -0.25) is 9.69 Å². The van der Waals surface area contributed by atoms with Gasteiger partial charge in [-0.2, -0.15) is 0 Å². The molecule has 8 heteroatoms. The van der Waals surface area contributed by atoms with Crippen LogP contribution in [-0.4, -0.2) is 59.5 Å². The molecule has 0 unspecified atom stereocenters. The van der Waals surface area contributed by atoms with Gasteiger partial charge in [0.2, 0.25) is 5.91 Å². The van der Waals surface area contributed by atoms with Gasteiger partial charge in [0, 0.05) is 46.1 Å². The Bertz CT molecular complexity index is 792. The monoisotopic (exact) mass is 387 g/mol. The van der Waals surface area contributed by atoms with Crippen molar-refractivity contribution in [3.8, 4) is 5.75 Å². The highest BCUT2D eigenvalue weighted by Gasteiger charge is 2.22. The van der Waals surface area contributed by atoms with Crippen molar-refractivity contribution in [2.24, 2.45) is 0 Å². The van der Waals surface area contributed by atoms with E-state index in [0.29, 0.717) is 13.0 Å². The Kier molecular flexibility index (Phi) is 7.00. The van der Waals surface area contributed by atoms with E-state index in [2.05, 4.69) is 37.1 Å². The summed E-state index contributed by atoms with van der Waals surface area (Å²) in [6.45, 7) is 5.86. The molecule has 0 radical (unpaired) electrons. The zero-order valence-corrected chi connectivity index (χ0v) is 16.9. The molecule has 2 aromatic rings. The van der Waals surface area contributed by atoms with Gasteiger partial charge in [-0.25, -0.2) is 0 Å². The first kappa shape index (κ1) is 20.3. The van der Waals surface area contributed by atoms with Crippen LogP contribution in [0.2, 0.25) is 0 Å². The molecule has 8 nitrogen and oxygen atoms in total. The highest BCUT2D eigenvalue weighted by molar-refractivity contribution is 5.76. The van der Waals surface area contributed by atoms with Gasteiger partial charge in [-0.15, -0.1) is 10.2 Å². The van der Waals surface area contributed by atoms with Crippen molar-refractivity contribution in [3.05, 3.63) is 41.5 Å². The second-order valence-corrected chi connectivity index (χ2v) is 7.04. The molecule has 1 aliphatic heterocycles. The summed E-state index contributed by atoms with van der Waals surface area (Å²) in [4.78, 5) is 14.4. The molecule has 0 saturated heterocycles. The first-order valence-electron chi connectivity index (χ1n) is 9.66. The van der Waals surface area contributed by atoms with Crippen molar-refractivity contribution in [2.75, 3.05) is 33.9 Å². The van der Waals surface area contributed by atoms with Crippen LogP contribution in [-0.2, 0) is 29.0 Å². The number of aromatic nitrogens is 3. The molecule has 152 valence electrons. The Morgan fingerprint density at radius 2 is 2.11 bits per heavy atom. The van der Waals surface area contributed by atoms with Crippen LogP contribution in [0.5, 0.6) is 5.75 Å². The quantitative estimate of drug-likeness (QED) is 0.740. The minimum absolute atomic E-state index is 0.0417. The number of amides is 1. The van der Waals surface area contributed by atoms with Crippen LogP contribution >= 0.6 is 0 Å². The Hall–Kier alpha value is -2.45. The number of carbonyl (C=O) groups is 1. The summed E-state index contributed by atoms with van der Waals surface area (Å²) < 4.78 is 12.4. The summed E-state index contributed by atoms with van der Waals surface area (Å²) in [6.07, 6.45) is 1.18. The van der Waals surface area contributed by atoms with Gasteiger partial charge in [0.25, 0.3) is 0 Å². The number of nitrogens with one attached hydrogen (secondary N) is 1. The number of fused-ring (bicyclic) bond motifs is 1. The molecule has 1 aromatic carbocycles. The Morgan fingerprint density at radius 1 is 1.25 bits per heavy atom. The van der Waals surface area contributed by atoms with Gasteiger partial charge in [0.15, 0.2) is 5.82 Å². The summed E-state index contributed by atoms with van der Waals surface area (Å²) >= 11 is 0. The van der Waals surface area contributed by atoms with Crippen LogP contribution in [0.25, 0.3) is 0 Å². The van der Waals surface area contributed by atoms with Crippen LogP contribution in [0, 0.1) is 0 Å². The summed E-state index contributed by atoms with van der Waals surface area (Å²) in [7, 11) is 3.28. The van der Waals surface area contributed by atoms with Gasteiger partial charge in [-0.05, 0) is 24.6 Å². The van der Waals surface area contributed by atoms with Gasteiger partial charge >= 0.3 is 0 Å². The number of rotatable bonds is 8. The predicted molar refractivity (Wildman–Crippen MR) is 105 cm³/mol. The van der Waals surface area contributed by atoms with Crippen molar-refractivity contribution < 1.29 is 14.3 Å². The van der Waals surface area contributed by atoms with Crippen molar-refractivity contribution >= 4 is 5.91 Å². The lowest BCUT2D eigenvalue weighted by Crippen LogP contribution is -2.30. The van der Waals surface area contributed by atoms with Crippen LogP contribution in [0.15, 0.2) is 24.3 Å². The maximum Gasteiger partial charge on any atom is 0.222 e. The van der Waals surface area contributed by atoms with Crippen molar-refractivity contribution in [2.45, 2.75) is 38.9 Å². The zero-order valence-electron chi connectivity index (χ0n) is 16.9. The van der Waals surface area contributed by atoms with E-state index < -0.39 is 0 Å². The smallest absolute Gasteiger partial charge is 0.222 e. The van der Waals surface area contributed by atoms with Crippen LogP contribution < -0.4 is 10.1 Å². The molecule has 0 fully saturated rings. The summed E-state index contributed by atoms with van der Waals surface area (Å²) in [5.74, 6) is 2.62. The predicted octanol–water partition coefficient (Wildman–Crippen LogP) is 1.56. The minimum Gasteiger partial charge on any atom is -0.497 e. The summed E-state index contributed by atoms with van der Waals surface area (Å²) in [5, 5.41) is 11.7. The molecular weight excluding hydrogens is 358 g/mol. The van der Waals surface area contributed by atoms with Crippen LogP contribution in [0.4, 0.5) is 0 Å². The van der Waals surface area contributed by atoms with Gasteiger partial charge < -0.3 is 19.4 Å². The van der Waals surface area contributed by atoms with Crippen molar-refractivity contribution in [1.82, 2.24) is 25.0 Å². The lowest BCUT2D eigenvalue weighted by Gasteiger charge is -2.20. The number of hydrogen-bond acceptors (Lipinski definition) is 6. The molecule has 2 heterocycles. The van der Waals surface area contributed by atoms with Crippen molar-refractivity contribution in [3.63, 3.8) is 0 Å². The molecule has 0 aliphatic carbocycles. The lowest BCUT2D eigenvalue weighted by molar-refractivity contribution is -0.122. The topological polar surface area (TPSA) is 81.5 Å². The van der Waals surface area contributed by atoms with E-state index in [1.165, 1.54) is 5.56 Å². The standard InChI is InChI=1S/C20H29N5O3/c1-15(21-19(26)8-12-27-2)20-23-22-18-7-9-24(10-11-25(18)20)14-16-5-4-6-17(13-16)28-3/h4-6,13,15H,7-12,14H2,1-3H3,(H,21,26)/t15-/m1/s1. The molecule has 1 atom stereocenters. The molecule has 1 aliphatic rings. The second-order valence-electron chi connectivity index (χ2n) is 7.04. The third-order valence-electron chi connectivity index (χ3n) is 4.99. The third kappa shape index (κ3) is 5.08. The van der Waals surface area contributed by atoms with E-state index in [1.54, 1.807) is 14.2 Å². The molecule has 0 saturated carbocycles. The second kappa shape index (κ2) is 9.66. The minimum atomic E-state index is -0.185. The largest absolute Gasteiger partial charge is 0.497 e. The molecule has 1 N–H and O–H groups in total. The first-order chi connectivity index (χ1) is 13.6. The van der Waals surface area contributed by atoms with Crippen LogP contribution in [0.1, 0.15) is 36.6 Å². The number of benzene rings is 1. The molecule has 0 spiro atoms. The molecule has 1 aromatic heterocycles. The zero-order chi connectivity index (χ0) is 19.9. The molecular formula is C20H29N5O3. The van der Waals surface area contributed by atoms with Gasteiger partial charge in [0.1, 0.15) is 11.6 Å². The van der Waals surface area contributed by atoms with Crippen LogP contribution in [0.3, 0.4) is 0 Å². The van der Waals surface area contributed by atoms with Gasteiger partial charge in [0.05, 0.1) is 19.8 Å². The maximum absolute atomic E-state index is 12.0. The number of carbonyl (C=O) groups excluding carboxylic acids is 1. The van der Waals surface area contributed by atoms with E-state index in [9.17, 15) is 4.79 Å². The first-order valence-corrected chi connectivity index (χ1v) is 9.66. The Labute approximate surface area is 165 Å². The van der Waals surface area contributed by atoms with E-state index in [1.807, 2.05) is 19.1 Å². The SMILES string of the molecule is COCCC(=O)N[C@H](C)c1nnc2n1CCN(Cc1cccc(OC)c1)CC2. The Balaban J connectivity index is 1.61. The fourth-order valence-corrected chi connectivity index (χ4v) is 3.47. The van der Waals surface area contributed by atoms with E-state index in [0.717, 1.165) is 50.0 Å². The number of hydrogen-bond donors (Lipinski definition) is 1. The van der Waals surface area contributed by atoms with E-state index in [4.69, 9.17) is 9.47 Å². The number of methoxy groups -OCH3 is 2. The molecule has 28 heavy (non-hydrogen) atoms.